The zero-order chi connectivity index (χ0) is 35.8. The van der Waals surface area contributed by atoms with Gasteiger partial charge in [-0.25, -0.2) is 0 Å². The minimum absolute atomic E-state index is 0.0849. The quantitative estimate of drug-likeness (QED) is 0.0300. The minimum Gasteiger partial charge on any atom is -0.460 e. The number of unbranched alkanes of at least 4 members (excludes halogenated alkanes) is 18. The van der Waals surface area contributed by atoms with Crippen molar-refractivity contribution >= 4 is 11.9 Å². The minimum atomic E-state index is -0.334. The third-order valence-electron chi connectivity index (χ3n) is 8.31. The van der Waals surface area contributed by atoms with Crippen LogP contribution in [-0.2, 0) is 19.1 Å². The van der Waals surface area contributed by atoms with Gasteiger partial charge in [0.2, 0.25) is 0 Å². The van der Waals surface area contributed by atoms with Crippen LogP contribution in [0.4, 0.5) is 0 Å². The summed E-state index contributed by atoms with van der Waals surface area (Å²) in [7, 11) is 0. The summed E-state index contributed by atoms with van der Waals surface area (Å²) in [4.78, 5) is 23.1. The first-order valence-electron chi connectivity index (χ1n) is 19.6. The van der Waals surface area contributed by atoms with Gasteiger partial charge >= 0.3 is 11.9 Å². The van der Waals surface area contributed by atoms with Crippen LogP contribution in [0.2, 0.25) is 0 Å². The summed E-state index contributed by atoms with van der Waals surface area (Å²) < 4.78 is 10.3. The molecule has 0 fully saturated rings. The Morgan fingerprint density at radius 1 is 0.438 bits per heavy atom. The van der Waals surface area contributed by atoms with E-state index in [1.807, 2.05) is 13.8 Å². The first-order chi connectivity index (χ1) is 23.5. The highest BCUT2D eigenvalue weighted by Crippen LogP contribution is 2.12. The fourth-order valence-electron chi connectivity index (χ4n) is 5.04. The van der Waals surface area contributed by atoms with E-state index in [4.69, 9.17) is 29.9 Å². The van der Waals surface area contributed by atoms with Crippen LogP contribution in [0.3, 0.4) is 0 Å². The van der Waals surface area contributed by atoms with Crippen LogP contribution >= 0.6 is 0 Å². The Kier molecular flexibility index (Phi) is 41.8. The van der Waals surface area contributed by atoms with Crippen molar-refractivity contribution < 1.29 is 39.5 Å². The zero-order valence-corrected chi connectivity index (χ0v) is 31.1. The highest BCUT2D eigenvalue weighted by atomic mass is 16.6. The third-order valence-corrected chi connectivity index (χ3v) is 8.31. The third kappa shape index (κ3) is 38.7. The van der Waals surface area contributed by atoms with Gasteiger partial charge < -0.3 is 29.9 Å². The number of ether oxygens (including phenoxy) is 2. The molecule has 0 aromatic carbocycles. The molecular weight excluding hydrogens is 608 g/mol. The lowest BCUT2D eigenvalue weighted by molar-refractivity contribution is -0.152. The summed E-state index contributed by atoms with van der Waals surface area (Å²) in [6.07, 6.45) is 35.4. The van der Waals surface area contributed by atoms with Crippen LogP contribution in [0.1, 0.15) is 181 Å². The summed E-state index contributed by atoms with van der Waals surface area (Å²) in [5.74, 6) is -0.365. The van der Waals surface area contributed by atoms with Crippen LogP contribution in [-0.4, -0.2) is 71.0 Å². The predicted octanol–water partition coefficient (Wildman–Crippen LogP) is 9.06. The van der Waals surface area contributed by atoms with E-state index in [2.05, 4.69) is 24.3 Å². The lowest BCUT2D eigenvalue weighted by Gasteiger charge is -2.12. The molecule has 0 rings (SSSR count). The van der Waals surface area contributed by atoms with Crippen LogP contribution < -0.4 is 0 Å². The Morgan fingerprint density at radius 2 is 0.708 bits per heavy atom. The van der Waals surface area contributed by atoms with Crippen molar-refractivity contribution in [2.24, 2.45) is 0 Å². The number of hydrogen-bond donors (Lipinski definition) is 4. The van der Waals surface area contributed by atoms with Gasteiger partial charge in [0.15, 0.2) is 0 Å². The molecule has 2 unspecified atom stereocenters. The molecule has 0 bridgehead atoms. The van der Waals surface area contributed by atoms with Gasteiger partial charge in [0.25, 0.3) is 0 Å². The van der Waals surface area contributed by atoms with E-state index >= 15 is 0 Å². The first-order valence-corrected chi connectivity index (χ1v) is 19.6. The molecule has 0 radical (unpaired) electrons. The molecule has 4 N–H and O–H groups in total. The van der Waals surface area contributed by atoms with Crippen LogP contribution in [0, 0.1) is 0 Å². The number of carbonyl (C=O) groups is 2. The number of aliphatic hydroxyl groups excluding tert-OH is 4. The molecule has 0 aliphatic carbocycles. The molecule has 0 aromatic heterocycles. The molecule has 0 saturated carbocycles. The first kappa shape index (κ1) is 48.4. The van der Waals surface area contributed by atoms with Crippen LogP contribution in [0.15, 0.2) is 24.3 Å². The SMILES string of the molecule is CCC(CO)OC(=O)CCCCCCC/C=C/CCCCCCO.CCC(CO)OC(=O)CCCCCCC/C=C\CCCCCCO. The molecule has 0 aliphatic heterocycles. The van der Waals surface area contributed by atoms with Crippen molar-refractivity contribution in [3.63, 3.8) is 0 Å². The van der Waals surface area contributed by atoms with Gasteiger partial charge in [0.05, 0.1) is 13.2 Å². The Balaban J connectivity index is 0. The number of rotatable bonds is 34. The molecule has 0 aromatic rings. The van der Waals surface area contributed by atoms with Crippen molar-refractivity contribution in [3.8, 4) is 0 Å². The number of aliphatic hydroxyl groups is 4. The number of esters is 2. The smallest absolute Gasteiger partial charge is 0.306 e. The monoisotopic (exact) mass is 685 g/mol. The van der Waals surface area contributed by atoms with Crippen molar-refractivity contribution in [3.05, 3.63) is 24.3 Å². The highest BCUT2D eigenvalue weighted by molar-refractivity contribution is 5.69. The van der Waals surface area contributed by atoms with E-state index in [-0.39, 0.29) is 37.4 Å². The summed E-state index contributed by atoms with van der Waals surface area (Å²) in [5, 5.41) is 35.3. The molecular formula is C40H76O8. The molecule has 8 nitrogen and oxygen atoms in total. The fraction of sp³-hybridized carbons (Fsp3) is 0.850. The number of hydrogen-bond acceptors (Lipinski definition) is 8. The Morgan fingerprint density at radius 3 is 0.979 bits per heavy atom. The number of allylic oxidation sites excluding steroid dienone is 4. The standard InChI is InChI=1S/2C20H38O4/c2*1-2-19(18-22)24-20(23)16-14-12-10-8-6-4-3-5-7-9-11-13-15-17-21/h2*3,5,19,21-22H,2,4,6-18H2,1H3/b5-3+;5-3-. The molecule has 2 atom stereocenters. The van der Waals surface area contributed by atoms with Gasteiger partial charge in [-0.05, 0) is 89.9 Å². The molecule has 0 spiro atoms. The maximum absolute atomic E-state index is 11.5. The van der Waals surface area contributed by atoms with Crippen LogP contribution in [0.5, 0.6) is 0 Å². The van der Waals surface area contributed by atoms with E-state index in [0.717, 1.165) is 77.0 Å². The maximum Gasteiger partial charge on any atom is 0.306 e. The van der Waals surface area contributed by atoms with Crippen LogP contribution in [0.25, 0.3) is 0 Å². The molecule has 0 aliphatic rings. The maximum atomic E-state index is 11.5. The van der Waals surface area contributed by atoms with Gasteiger partial charge in [0.1, 0.15) is 12.2 Å². The average Bonchev–Trinajstić information content (AvgIpc) is 3.10. The Bertz CT molecular complexity index is 656. The van der Waals surface area contributed by atoms with E-state index in [1.165, 1.54) is 64.2 Å². The lowest BCUT2D eigenvalue weighted by Crippen LogP contribution is -2.20. The zero-order valence-electron chi connectivity index (χ0n) is 31.1. The summed E-state index contributed by atoms with van der Waals surface area (Å²) in [6, 6.07) is 0. The van der Waals surface area contributed by atoms with Gasteiger partial charge in [-0.1, -0.05) is 102 Å². The molecule has 48 heavy (non-hydrogen) atoms. The fourth-order valence-corrected chi connectivity index (χ4v) is 5.04. The second-order valence-corrected chi connectivity index (χ2v) is 12.8. The van der Waals surface area contributed by atoms with Crippen molar-refractivity contribution in [2.45, 2.75) is 193 Å². The van der Waals surface area contributed by atoms with Gasteiger partial charge in [-0.2, -0.15) is 0 Å². The molecule has 0 heterocycles. The van der Waals surface area contributed by atoms with E-state index in [1.54, 1.807) is 0 Å². The summed E-state index contributed by atoms with van der Waals surface area (Å²) in [5.41, 5.74) is 0. The predicted molar refractivity (Wildman–Crippen MR) is 198 cm³/mol. The largest absolute Gasteiger partial charge is 0.460 e. The van der Waals surface area contributed by atoms with Gasteiger partial charge in [0, 0.05) is 26.1 Å². The number of carbonyl (C=O) groups excluding carboxylic acids is 2. The Labute approximate surface area is 294 Å². The second-order valence-electron chi connectivity index (χ2n) is 12.8. The van der Waals surface area contributed by atoms with Gasteiger partial charge in [-0.3, -0.25) is 9.59 Å². The topological polar surface area (TPSA) is 134 Å². The molecule has 284 valence electrons. The van der Waals surface area contributed by atoms with E-state index in [0.29, 0.717) is 38.9 Å². The Hall–Kier alpha value is -1.74. The van der Waals surface area contributed by atoms with Gasteiger partial charge in [-0.15, -0.1) is 0 Å². The van der Waals surface area contributed by atoms with E-state index in [9.17, 15) is 9.59 Å². The summed E-state index contributed by atoms with van der Waals surface area (Å²) >= 11 is 0. The van der Waals surface area contributed by atoms with Crippen molar-refractivity contribution in [1.29, 1.82) is 0 Å². The van der Waals surface area contributed by atoms with E-state index < -0.39 is 0 Å². The lowest BCUT2D eigenvalue weighted by atomic mass is 10.1. The average molecular weight is 685 g/mol. The normalized spacial score (nSPS) is 12.6. The molecule has 8 heteroatoms. The molecule has 0 saturated heterocycles. The van der Waals surface area contributed by atoms with Crippen molar-refractivity contribution in [2.75, 3.05) is 26.4 Å². The second kappa shape index (κ2) is 41.4. The highest BCUT2D eigenvalue weighted by Gasteiger charge is 2.11. The molecule has 0 amide bonds. The summed E-state index contributed by atoms with van der Waals surface area (Å²) in [6.45, 7) is 4.27. The van der Waals surface area contributed by atoms with Crippen molar-refractivity contribution in [1.82, 2.24) is 0 Å².